The van der Waals surface area contributed by atoms with Crippen molar-refractivity contribution < 1.29 is 0 Å². The van der Waals surface area contributed by atoms with Crippen LogP contribution in [0.2, 0.25) is 0 Å². The van der Waals surface area contributed by atoms with Crippen molar-refractivity contribution in [3.05, 3.63) is 175 Å². The Morgan fingerprint density at radius 1 is 0.580 bits per heavy atom. The SMILES string of the molecule is C1=CCC(C2=CCC(N(c3ccccc3)c3cccc(-c4cccc(-n5c6c7ccccc7sc6c6sc7ccccc7c65)c4)c3)C=C2)C=C1. The molecule has 2 atom stereocenters. The average molecular weight is 679 g/mol. The van der Waals surface area contributed by atoms with Gasteiger partial charge in [-0.05, 0) is 78.1 Å². The quantitative estimate of drug-likeness (QED) is 0.170. The lowest BCUT2D eigenvalue weighted by Gasteiger charge is -2.34. The second-order valence-electron chi connectivity index (χ2n) is 13.2. The molecule has 2 nitrogen and oxygen atoms in total. The highest BCUT2D eigenvalue weighted by Gasteiger charge is 2.24. The maximum absolute atomic E-state index is 2.53. The van der Waals surface area contributed by atoms with E-state index in [2.05, 4.69) is 179 Å². The van der Waals surface area contributed by atoms with Crippen LogP contribution in [0.25, 0.3) is 57.4 Å². The maximum atomic E-state index is 2.53. The van der Waals surface area contributed by atoms with E-state index in [1.165, 1.54) is 74.4 Å². The molecule has 0 bridgehead atoms. The molecule has 4 heteroatoms. The number of aromatic nitrogens is 1. The molecule has 0 saturated heterocycles. The first-order chi connectivity index (χ1) is 24.8. The largest absolute Gasteiger partial charge is 0.334 e. The molecule has 0 spiro atoms. The topological polar surface area (TPSA) is 8.17 Å². The number of hydrogen-bond donors (Lipinski definition) is 0. The second-order valence-corrected chi connectivity index (χ2v) is 15.3. The number of rotatable bonds is 6. The van der Waals surface area contributed by atoms with Crippen LogP contribution in [0, 0.1) is 5.92 Å². The zero-order valence-corrected chi connectivity index (χ0v) is 29.1. The van der Waals surface area contributed by atoms with E-state index in [0.717, 1.165) is 12.8 Å². The van der Waals surface area contributed by atoms with E-state index in [-0.39, 0.29) is 6.04 Å². The molecule has 8 aromatic rings. The number of nitrogens with zero attached hydrogens (tertiary/aromatic N) is 2. The van der Waals surface area contributed by atoms with Gasteiger partial charge in [0.1, 0.15) is 0 Å². The van der Waals surface area contributed by atoms with E-state index in [9.17, 15) is 0 Å². The number of para-hydroxylation sites is 1. The molecule has 50 heavy (non-hydrogen) atoms. The molecule has 0 saturated carbocycles. The van der Waals surface area contributed by atoms with Gasteiger partial charge in [0.15, 0.2) is 0 Å². The number of hydrogen-bond acceptors (Lipinski definition) is 3. The molecular weight excluding hydrogens is 645 g/mol. The molecule has 3 aromatic heterocycles. The summed E-state index contributed by atoms with van der Waals surface area (Å²) in [6.07, 6.45) is 18.2. The average Bonchev–Trinajstić information content (AvgIpc) is 3.85. The van der Waals surface area contributed by atoms with E-state index in [4.69, 9.17) is 0 Å². The zero-order valence-electron chi connectivity index (χ0n) is 27.4. The van der Waals surface area contributed by atoms with Crippen molar-refractivity contribution >= 4 is 74.7 Å². The first-order valence-electron chi connectivity index (χ1n) is 17.4. The van der Waals surface area contributed by atoms with E-state index >= 15 is 0 Å². The van der Waals surface area contributed by atoms with Crippen LogP contribution in [0.15, 0.2) is 175 Å². The highest BCUT2D eigenvalue weighted by atomic mass is 32.1. The van der Waals surface area contributed by atoms with Crippen LogP contribution in [0.1, 0.15) is 12.8 Å². The smallest absolute Gasteiger partial charge is 0.0736 e. The van der Waals surface area contributed by atoms with Gasteiger partial charge in [-0.2, -0.15) is 0 Å². The third kappa shape index (κ3) is 4.90. The Bertz CT molecular complexity index is 2590. The Hall–Kier alpha value is -5.42. The summed E-state index contributed by atoms with van der Waals surface area (Å²) >= 11 is 3.83. The van der Waals surface area contributed by atoms with Crippen molar-refractivity contribution in [1.82, 2.24) is 4.57 Å². The number of allylic oxidation sites excluding steroid dienone is 6. The molecule has 10 rings (SSSR count). The molecule has 3 heterocycles. The minimum Gasteiger partial charge on any atom is -0.334 e. The van der Waals surface area contributed by atoms with Gasteiger partial charge in [0.2, 0.25) is 0 Å². The Labute approximate surface area is 299 Å². The fourth-order valence-corrected chi connectivity index (χ4v) is 10.4. The highest BCUT2D eigenvalue weighted by molar-refractivity contribution is 7.33. The standard InChI is InChI=1S/C46H34N2S2/c1-3-13-31(14-4-1)32-25-27-36(28-26-32)47(35-17-5-2-6-18-35)37-19-11-15-33(29-37)34-16-12-20-38(30-34)48-43-39-21-7-9-23-41(39)49-45(43)46-44(48)40-22-8-10-24-42(40)50-46/h1-13,15-27,29-31,36H,14,28H2. The summed E-state index contributed by atoms with van der Waals surface area (Å²) in [7, 11) is 0. The molecular formula is C46H34N2S2. The lowest BCUT2D eigenvalue weighted by molar-refractivity contribution is 0.731. The molecule has 2 aliphatic rings. The zero-order chi connectivity index (χ0) is 33.0. The molecule has 0 amide bonds. The monoisotopic (exact) mass is 678 g/mol. The lowest BCUT2D eigenvalue weighted by atomic mass is 9.87. The number of thiophene rings is 2. The fraction of sp³-hybridized carbons (Fsp3) is 0.0870. The summed E-state index contributed by atoms with van der Waals surface area (Å²) in [5, 5.41) is 2.64. The summed E-state index contributed by atoms with van der Waals surface area (Å²) in [4.78, 5) is 2.50. The van der Waals surface area contributed by atoms with Crippen LogP contribution in [0.4, 0.5) is 11.4 Å². The molecule has 5 aromatic carbocycles. The summed E-state index contributed by atoms with van der Waals surface area (Å²) in [6, 6.07) is 47.0. The Morgan fingerprint density at radius 2 is 1.24 bits per heavy atom. The molecule has 2 unspecified atom stereocenters. The molecule has 240 valence electrons. The summed E-state index contributed by atoms with van der Waals surface area (Å²) < 4.78 is 7.95. The van der Waals surface area contributed by atoms with Gasteiger partial charge in [0.05, 0.1) is 26.5 Å². The van der Waals surface area contributed by atoms with Gasteiger partial charge in [0, 0.05) is 43.2 Å². The third-order valence-corrected chi connectivity index (χ3v) is 12.7. The predicted molar refractivity (Wildman–Crippen MR) is 218 cm³/mol. The van der Waals surface area contributed by atoms with E-state index < -0.39 is 0 Å². The normalized spacial score (nSPS) is 17.3. The van der Waals surface area contributed by atoms with Gasteiger partial charge in [-0.15, -0.1) is 22.7 Å². The second kappa shape index (κ2) is 12.2. The minimum absolute atomic E-state index is 0.228. The number of benzene rings is 5. The van der Waals surface area contributed by atoms with E-state index in [0.29, 0.717) is 5.92 Å². The van der Waals surface area contributed by atoms with Crippen molar-refractivity contribution in [2.24, 2.45) is 5.92 Å². The molecule has 0 radical (unpaired) electrons. The number of fused-ring (bicyclic) bond motifs is 7. The first kappa shape index (κ1) is 29.5. The van der Waals surface area contributed by atoms with Crippen LogP contribution in [0.5, 0.6) is 0 Å². The summed E-state index contributed by atoms with van der Waals surface area (Å²) in [5.74, 6) is 0.472. The van der Waals surface area contributed by atoms with E-state index in [1.54, 1.807) is 0 Å². The lowest BCUT2D eigenvalue weighted by Crippen LogP contribution is -2.30. The van der Waals surface area contributed by atoms with Crippen molar-refractivity contribution in [2.75, 3.05) is 4.90 Å². The van der Waals surface area contributed by atoms with Crippen molar-refractivity contribution in [3.63, 3.8) is 0 Å². The molecule has 2 aliphatic carbocycles. The third-order valence-electron chi connectivity index (χ3n) is 10.2. The Balaban J connectivity index is 1.08. The summed E-state index contributed by atoms with van der Waals surface area (Å²) in [6.45, 7) is 0. The Kier molecular flexibility index (Phi) is 7.18. The van der Waals surface area contributed by atoms with Gasteiger partial charge < -0.3 is 9.47 Å². The van der Waals surface area contributed by atoms with Gasteiger partial charge in [-0.3, -0.25) is 0 Å². The number of anilines is 2. The minimum atomic E-state index is 0.228. The van der Waals surface area contributed by atoms with E-state index in [1.807, 2.05) is 22.7 Å². The molecule has 0 N–H and O–H groups in total. The van der Waals surface area contributed by atoms with Crippen molar-refractivity contribution in [1.29, 1.82) is 0 Å². The van der Waals surface area contributed by atoms with Crippen molar-refractivity contribution in [3.8, 4) is 16.8 Å². The highest BCUT2D eigenvalue weighted by Crippen LogP contribution is 2.48. The van der Waals surface area contributed by atoms with Crippen LogP contribution >= 0.6 is 22.7 Å². The van der Waals surface area contributed by atoms with Gasteiger partial charge in [-0.25, -0.2) is 0 Å². The van der Waals surface area contributed by atoms with Gasteiger partial charge in [-0.1, -0.05) is 121 Å². The Morgan fingerprint density at radius 3 is 1.92 bits per heavy atom. The molecule has 0 fully saturated rings. The maximum Gasteiger partial charge on any atom is 0.0736 e. The molecule has 0 aliphatic heterocycles. The van der Waals surface area contributed by atoms with Crippen LogP contribution < -0.4 is 4.90 Å². The van der Waals surface area contributed by atoms with Gasteiger partial charge in [0.25, 0.3) is 0 Å². The fourth-order valence-electron chi connectivity index (χ4n) is 7.89. The van der Waals surface area contributed by atoms with Crippen LogP contribution in [-0.4, -0.2) is 10.6 Å². The summed E-state index contributed by atoms with van der Waals surface area (Å²) in [5.41, 5.74) is 10.1. The predicted octanol–water partition coefficient (Wildman–Crippen LogP) is 13.4. The van der Waals surface area contributed by atoms with Crippen LogP contribution in [0.3, 0.4) is 0 Å². The van der Waals surface area contributed by atoms with Gasteiger partial charge >= 0.3 is 0 Å². The van der Waals surface area contributed by atoms with Crippen molar-refractivity contribution in [2.45, 2.75) is 18.9 Å². The van der Waals surface area contributed by atoms with Crippen LogP contribution in [-0.2, 0) is 0 Å². The first-order valence-corrected chi connectivity index (χ1v) is 19.0.